The van der Waals surface area contributed by atoms with Crippen molar-refractivity contribution < 1.29 is 13.2 Å². The Kier molecular flexibility index (Phi) is 4.14. The van der Waals surface area contributed by atoms with Crippen LogP contribution in [-0.4, -0.2) is 36.1 Å². The van der Waals surface area contributed by atoms with Crippen molar-refractivity contribution in [2.45, 2.75) is 25.1 Å². The Bertz CT molecular complexity index is 521. The van der Waals surface area contributed by atoms with Crippen LogP contribution in [0.15, 0.2) is 12.1 Å². The Balaban J connectivity index is 2.23. The number of likely N-dealkylation sites (tertiary alicyclic amines) is 1. The van der Waals surface area contributed by atoms with Gasteiger partial charge in [-0.1, -0.05) is 0 Å². The van der Waals surface area contributed by atoms with Gasteiger partial charge in [0.2, 0.25) is 0 Å². The summed E-state index contributed by atoms with van der Waals surface area (Å²) in [7, 11) is 1.96. The van der Waals surface area contributed by atoms with Gasteiger partial charge in [0, 0.05) is 12.6 Å². The third-order valence-corrected chi connectivity index (χ3v) is 3.27. The lowest BCUT2D eigenvalue weighted by atomic mass is 10.1. The first-order valence-corrected chi connectivity index (χ1v) is 6.33. The van der Waals surface area contributed by atoms with E-state index < -0.39 is 11.9 Å². The van der Waals surface area contributed by atoms with E-state index in [1.54, 1.807) is 0 Å². The molecule has 0 bridgehead atoms. The molecule has 108 valence electrons. The highest BCUT2D eigenvalue weighted by atomic mass is 19.4. The maximum Gasteiger partial charge on any atom is 0.433 e. The van der Waals surface area contributed by atoms with Crippen molar-refractivity contribution in [3.05, 3.63) is 23.4 Å². The minimum absolute atomic E-state index is 0.0110. The van der Waals surface area contributed by atoms with Crippen molar-refractivity contribution in [3.63, 3.8) is 0 Å². The van der Waals surface area contributed by atoms with Gasteiger partial charge in [0.25, 0.3) is 0 Å². The van der Waals surface area contributed by atoms with Crippen LogP contribution in [0.4, 0.5) is 19.0 Å². The number of anilines is 1. The van der Waals surface area contributed by atoms with E-state index in [0.717, 1.165) is 38.1 Å². The van der Waals surface area contributed by atoms with E-state index in [4.69, 9.17) is 5.26 Å². The number of aromatic nitrogens is 1. The van der Waals surface area contributed by atoms with E-state index >= 15 is 0 Å². The van der Waals surface area contributed by atoms with Gasteiger partial charge in [-0.05, 0) is 38.6 Å². The molecule has 4 nitrogen and oxygen atoms in total. The first-order chi connectivity index (χ1) is 9.40. The van der Waals surface area contributed by atoms with E-state index in [9.17, 15) is 13.2 Å². The third-order valence-electron chi connectivity index (χ3n) is 3.27. The van der Waals surface area contributed by atoms with Crippen LogP contribution in [-0.2, 0) is 6.18 Å². The third kappa shape index (κ3) is 3.39. The first-order valence-electron chi connectivity index (χ1n) is 6.33. The van der Waals surface area contributed by atoms with Crippen LogP contribution in [0.5, 0.6) is 0 Å². The number of alkyl halides is 3. The van der Waals surface area contributed by atoms with Crippen LogP contribution in [0.25, 0.3) is 0 Å². The molecule has 1 N–H and O–H groups in total. The van der Waals surface area contributed by atoms with Gasteiger partial charge in [-0.3, -0.25) is 0 Å². The molecular weight excluding hydrogens is 269 g/mol. The summed E-state index contributed by atoms with van der Waals surface area (Å²) in [5.74, 6) is 0.0163. The number of hydrogen-bond donors (Lipinski definition) is 1. The zero-order chi connectivity index (χ0) is 14.8. The van der Waals surface area contributed by atoms with Crippen LogP contribution in [0.3, 0.4) is 0 Å². The zero-order valence-electron chi connectivity index (χ0n) is 11.0. The summed E-state index contributed by atoms with van der Waals surface area (Å²) in [6, 6.07) is 3.87. The molecule has 1 atom stereocenters. The second-order valence-electron chi connectivity index (χ2n) is 4.95. The molecule has 0 radical (unpaired) electrons. The van der Waals surface area contributed by atoms with Gasteiger partial charge in [0.15, 0.2) is 0 Å². The summed E-state index contributed by atoms with van der Waals surface area (Å²) in [6.07, 6.45) is -2.68. The molecule has 20 heavy (non-hydrogen) atoms. The van der Waals surface area contributed by atoms with Gasteiger partial charge in [0.05, 0.1) is 5.56 Å². The number of nitriles is 1. The second-order valence-corrected chi connectivity index (χ2v) is 4.95. The smallest absolute Gasteiger partial charge is 0.365 e. The molecular formula is C13H15F3N4. The Morgan fingerprint density at radius 2 is 2.20 bits per heavy atom. The maximum atomic E-state index is 12.7. The van der Waals surface area contributed by atoms with Gasteiger partial charge >= 0.3 is 6.18 Å². The Morgan fingerprint density at radius 1 is 1.45 bits per heavy atom. The number of pyridine rings is 1. The van der Waals surface area contributed by atoms with E-state index in [0.29, 0.717) is 0 Å². The minimum atomic E-state index is -4.51. The van der Waals surface area contributed by atoms with E-state index in [2.05, 4.69) is 15.2 Å². The largest absolute Gasteiger partial charge is 0.433 e. The fraction of sp³-hybridized carbons (Fsp3) is 0.538. The zero-order valence-corrected chi connectivity index (χ0v) is 11.0. The summed E-state index contributed by atoms with van der Waals surface area (Å²) in [5, 5.41) is 11.9. The van der Waals surface area contributed by atoms with Crippen LogP contribution in [0.1, 0.15) is 24.1 Å². The van der Waals surface area contributed by atoms with Crippen molar-refractivity contribution in [3.8, 4) is 6.07 Å². The molecule has 1 aliphatic rings. The molecule has 0 saturated carbocycles. The first kappa shape index (κ1) is 14.6. The molecule has 1 saturated heterocycles. The van der Waals surface area contributed by atoms with Crippen LogP contribution >= 0.6 is 0 Å². The number of nitrogens with one attached hydrogen (secondary N) is 1. The molecule has 1 aliphatic heterocycles. The highest BCUT2D eigenvalue weighted by molar-refractivity contribution is 5.53. The number of nitrogens with zero attached hydrogens (tertiary/aromatic N) is 3. The molecule has 1 aromatic rings. The van der Waals surface area contributed by atoms with Crippen molar-refractivity contribution in [1.29, 1.82) is 5.26 Å². The number of halogens is 3. The number of piperidine rings is 1. The SMILES string of the molecule is CN1CCCC(Nc2nc(C(F)(F)F)ccc2C#N)C1. The minimum Gasteiger partial charge on any atom is -0.365 e. The van der Waals surface area contributed by atoms with Crippen molar-refractivity contribution in [1.82, 2.24) is 9.88 Å². The molecule has 1 aromatic heterocycles. The Hall–Kier alpha value is -1.81. The molecule has 0 aliphatic carbocycles. The average Bonchev–Trinajstić information content (AvgIpc) is 2.37. The monoisotopic (exact) mass is 284 g/mol. The Morgan fingerprint density at radius 3 is 2.80 bits per heavy atom. The molecule has 0 aromatic carbocycles. The summed E-state index contributed by atoms with van der Waals surface area (Å²) < 4.78 is 38.0. The van der Waals surface area contributed by atoms with Gasteiger partial charge in [-0.15, -0.1) is 0 Å². The van der Waals surface area contributed by atoms with Crippen molar-refractivity contribution in [2.24, 2.45) is 0 Å². The molecule has 0 amide bonds. The van der Waals surface area contributed by atoms with Crippen molar-refractivity contribution in [2.75, 3.05) is 25.5 Å². The number of hydrogen-bond acceptors (Lipinski definition) is 4. The van der Waals surface area contributed by atoms with Crippen LogP contribution < -0.4 is 5.32 Å². The Labute approximate surface area is 115 Å². The van der Waals surface area contributed by atoms with E-state index in [1.165, 1.54) is 0 Å². The van der Waals surface area contributed by atoms with Crippen molar-refractivity contribution >= 4 is 5.82 Å². The fourth-order valence-electron chi connectivity index (χ4n) is 2.29. The lowest BCUT2D eigenvalue weighted by Gasteiger charge is -2.30. The van der Waals surface area contributed by atoms with Gasteiger partial charge in [-0.25, -0.2) is 4.98 Å². The van der Waals surface area contributed by atoms with E-state index in [-0.39, 0.29) is 17.4 Å². The summed E-state index contributed by atoms with van der Waals surface area (Å²) >= 11 is 0. The van der Waals surface area contributed by atoms with Gasteiger partial charge in [0.1, 0.15) is 17.6 Å². The van der Waals surface area contributed by atoms with Gasteiger partial charge in [-0.2, -0.15) is 18.4 Å². The number of likely N-dealkylation sites (N-methyl/N-ethyl adjacent to an activating group) is 1. The lowest BCUT2D eigenvalue weighted by molar-refractivity contribution is -0.141. The maximum absolute atomic E-state index is 12.7. The topological polar surface area (TPSA) is 52.0 Å². The standard InChI is InChI=1S/C13H15F3N4/c1-20-6-2-3-10(8-20)18-12-9(7-17)4-5-11(19-12)13(14,15)16/h4-5,10H,2-3,6,8H2,1H3,(H,18,19). The lowest BCUT2D eigenvalue weighted by Crippen LogP contribution is -2.40. The molecule has 2 heterocycles. The van der Waals surface area contributed by atoms with E-state index in [1.807, 2.05) is 13.1 Å². The second kappa shape index (κ2) is 5.67. The molecule has 7 heteroatoms. The highest BCUT2D eigenvalue weighted by Gasteiger charge is 2.33. The van der Waals surface area contributed by atoms with Crippen LogP contribution in [0.2, 0.25) is 0 Å². The fourth-order valence-corrected chi connectivity index (χ4v) is 2.29. The molecule has 1 unspecified atom stereocenters. The predicted octanol–water partition coefficient (Wildman–Crippen LogP) is 2.48. The number of rotatable bonds is 2. The average molecular weight is 284 g/mol. The molecule has 1 fully saturated rings. The highest BCUT2D eigenvalue weighted by Crippen LogP contribution is 2.29. The predicted molar refractivity (Wildman–Crippen MR) is 68.1 cm³/mol. The normalized spacial score (nSPS) is 20.4. The summed E-state index contributed by atoms with van der Waals surface area (Å²) in [6.45, 7) is 1.70. The molecule has 0 spiro atoms. The molecule has 2 rings (SSSR count). The summed E-state index contributed by atoms with van der Waals surface area (Å²) in [5.41, 5.74) is -0.852. The van der Waals surface area contributed by atoms with Crippen LogP contribution in [0, 0.1) is 11.3 Å². The summed E-state index contributed by atoms with van der Waals surface area (Å²) in [4.78, 5) is 5.65. The quantitative estimate of drug-likeness (QED) is 0.906. The van der Waals surface area contributed by atoms with Gasteiger partial charge < -0.3 is 10.2 Å².